The van der Waals surface area contributed by atoms with E-state index in [-0.39, 0.29) is 0 Å². The Morgan fingerprint density at radius 3 is 1.36 bits per heavy atom. The molecule has 2 heteroatoms. The number of hydrogen-bond acceptors (Lipinski definition) is 0. The quantitative estimate of drug-likeness (QED) is 0.307. The van der Waals surface area contributed by atoms with Crippen LogP contribution in [-0.2, 0) is 0 Å². The molecule has 0 aliphatic heterocycles. The lowest BCUT2D eigenvalue weighted by Crippen LogP contribution is -2.51. The molecule has 0 nitrogen and oxygen atoms in total. The number of benzene rings is 2. The minimum atomic E-state index is -1.86. The molecule has 2 aromatic rings. The maximum Gasteiger partial charge on any atom is 0.0911 e. The lowest BCUT2D eigenvalue weighted by atomic mass is 10.00. The highest BCUT2D eigenvalue weighted by molar-refractivity contribution is 6.99. The fraction of sp³-hybridized carbons (Fsp3) is 0.588. The van der Waals surface area contributed by atoms with E-state index in [1.54, 1.807) is 21.6 Å². The van der Waals surface area contributed by atoms with E-state index in [4.69, 9.17) is 0 Å². The number of hydrogen-bond donors (Lipinski definition) is 0. The average molecular weight is 517 g/mol. The zero-order chi connectivity index (χ0) is 26.7. The van der Waals surface area contributed by atoms with Gasteiger partial charge in [-0.1, -0.05) is 137 Å². The maximum atomic E-state index is 2.56. The molecule has 2 atom stereocenters. The zero-order valence-electron chi connectivity index (χ0n) is 25.2. The summed E-state index contributed by atoms with van der Waals surface area (Å²) in [6.07, 6.45) is 0. The fourth-order valence-corrected chi connectivity index (χ4v) is 25.3. The highest BCUT2D eigenvalue weighted by atomic mass is 28.3. The molecule has 0 N–H and O–H groups in total. The van der Waals surface area contributed by atoms with Gasteiger partial charge in [0.2, 0.25) is 0 Å². The van der Waals surface area contributed by atoms with Crippen molar-refractivity contribution in [2.24, 2.45) is 0 Å². The molecule has 2 unspecified atom stereocenters. The highest BCUT2D eigenvalue weighted by Gasteiger charge is 2.59. The molecule has 0 bridgehead atoms. The molecule has 196 valence electrons. The van der Waals surface area contributed by atoms with E-state index >= 15 is 0 Å². The third-order valence-corrected chi connectivity index (χ3v) is 25.7. The van der Waals surface area contributed by atoms with Crippen LogP contribution in [0.4, 0.5) is 0 Å². The standard InChI is InChI=1S/C34H52Si2/c1-21(2)35(22(3)4,23(5)6)33-29-19-15-13-17-27(29)32-31(33)28-18-14-16-20-30(28)34(32)36(24(7)8,25(9)10)26(11)12/h13-26,31,34H,1-12H3. The van der Waals surface area contributed by atoms with Gasteiger partial charge in [-0.15, -0.1) is 0 Å². The van der Waals surface area contributed by atoms with Crippen molar-refractivity contribution in [3.63, 3.8) is 0 Å². The third-order valence-electron chi connectivity index (χ3n) is 10.9. The first-order valence-electron chi connectivity index (χ1n) is 14.8. The molecule has 2 aliphatic carbocycles. The van der Waals surface area contributed by atoms with Gasteiger partial charge in [-0.05, 0) is 60.4 Å². The van der Waals surface area contributed by atoms with Gasteiger partial charge in [0.1, 0.15) is 0 Å². The zero-order valence-corrected chi connectivity index (χ0v) is 27.2. The normalized spacial score (nSPS) is 19.9. The van der Waals surface area contributed by atoms with Crippen molar-refractivity contribution in [3.8, 4) is 0 Å². The topological polar surface area (TPSA) is 0 Å². The van der Waals surface area contributed by atoms with Crippen molar-refractivity contribution in [2.45, 2.75) is 128 Å². The minimum Gasteiger partial charge on any atom is -0.0651 e. The monoisotopic (exact) mass is 516 g/mol. The van der Waals surface area contributed by atoms with Gasteiger partial charge in [-0.3, -0.25) is 0 Å². The Morgan fingerprint density at radius 1 is 0.500 bits per heavy atom. The van der Waals surface area contributed by atoms with Crippen LogP contribution < -0.4 is 10.4 Å². The minimum absolute atomic E-state index is 0.491. The van der Waals surface area contributed by atoms with Crippen molar-refractivity contribution in [3.05, 3.63) is 70.1 Å². The summed E-state index contributed by atoms with van der Waals surface area (Å²) in [6.45, 7) is 30.6. The molecular weight excluding hydrogens is 465 g/mol. The number of fused-ring (bicyclic) bond motifs is 4. The first-order chi connectivity index (χ1) is 16.9. The summed E-state index contributed by atoms with van der Waals surface area (Å²) in [6, 6.07) is 19.4. The summed E-state index contributed by atoms with van der Waals surface area (Å²) in [5.74, 6) is 0.491. The highest BCUT2D eigenvalue weighted by Crippen LogP contribution is 2.65. The van der Waals surface area contributed by atoms with Crippen LogP contribution in [0.2, 0.25) is 33.2 Å². The second kappa shape index (κ2) is 9.73. The van der Waals surface area contributed by atoms with Gasteiger partial charge in [-0.2, -0.15) is 0 Å². The van der Waals surface area contributed by atoms with E-state index < -0.39 is 16.1 Å². The molecule has 2 aliphatic rings. The van der Waals surface area contributed by atoms with E-state index in [2.05, 4.69) is 132 Å². The molecule has 0 aromatic heterocycles. The molecule has 0 spiro atoms. The Labute approximate surface area is 224 Å². The summed E-state index contributed by atoms with van der Waals surface area (Å²) < 4.78 is 0. The Kier molecular flexibility index (Phi) is 7.47. The largest absolute Gasteiger partial charge is 0.0911 e. The van der Waals surface area contributed by atoms with E-state index in [0.29, 0.717) is 28.1 Å². The molecule has 0 radical (unpaired) electrons. The molecule has 0 saturated carbocycles. The molecular formula is C34H52Si2. The first kappa shape index (κ1) is 27.6. The van der Waals surface area contributed by atoms with Gasteiger partial charge in [0.15, 0.2) is 0 Å². The fourth-order valence-electron chi connectivity index (χ4n) is 10.2. The SMILES string of the molecule is CC(C)[Si](C1=c2ccccc2=C2C1c1ccccc1C2[Si](C(C)C)(C(C)C)C(C)C)(C(C)C)C(C)C. The van der Waals surface area contributed by atoms with Crippen LogP contribution in [0.5, 0.6) is 0 Å². The second-order valence-corrected chi connectivity index (χ2v) is 25.7. The third kappa shape index (κ3) is 3.49. The molecule has 0 fully saturated rings. The smallest absolute Gasteiger partial charge is 0.0651 e. The molecule has 36 heavy (non-hydrogen) atoms. The van der Waals surface area contributed by atoms with Crippen molar-refractivity contribution < 1.29 is 0 Å². The van der Waals surface area contributed by atoms with Gasteiger partial charge in [0.05, 0.1) is 16.1 Å². The predicted molar refractivity (Wildman–Crippen MR) is 167 cm³/mol. The Balaban J connectivity index is 2.23. The van der Waals surface area contributed by atoms with E-state index in [1.165, 1.54) is 0 Å². The van der Waals surface area contributed by atoms with Crippen molar-refractivity contribution in [2.75, 3.05) is 0 Å². The lowest BCUT2D eigenvalue weighted by molar-refractivity contribution is 0.780. The van der Waals surface area contributed by atoms with Crippen LogP contribution in [0.15, 0.2) is 48.5 Å². The van der Waals surface area contributed by atoms with Gasteiger partial charge >= 0.3 is 0 Å². The van der Waals surface area contributed by atoms with E-state index in [9.17, 15) is 0 Å². The van der Waals surface area contributed by atoms with Crippen LogP contribution in [-0.4, -0.2) is 16.1 Å². The predicted octanol–water partition coefficient (Wildman–Crippen LogP) is 9.32. The summed E-state index contributed by atoms with van der Waals surface area (Å²) in [5, 5.41) is 5.11. The van der Waals surface area contributed by atoms with Crippen molar-refractivity contribution in [1.82, 2.24) is 0 Å². The Hall–Kier alpha value is -1.39. The molecule has 4 rings (SSSR count). The van der Waals surface area contributed by atoms with Crippen LogP contribution in [0.3, 0.4) is 0 Å². The van der Waals surface area contributed by atoms with Crippen molar-refractivity contribution >= 4 is 26.9 Å². The lowest BCUT2D eigenvalue weighted by Gasteiger charge is -2.49. The molecule has 0 heterocycles. The molecule has 0 saturated heterocycles. The van der Waals surface area contributed by atoms with E-state index in [1.807, 2.05) is 10.8 Å². The van der Waals surface area contributed by atoms with Crippen molar-refractivity contribution in [1.29, 1.82) is 0 Å². The van der Waals surface area contributed by atoms with E-state index in [0.717, 1.165) is 16.6 Å². The molecule has 2 aromatic carbocycles. The van der Waals surface area contributed by atoms with Crippen LogP contribution in [0.25, 0.3) is 10.8 Å². The number of rotatable bonds is 8. The second-order valence-electron chi connectivity index (χ2n) is 13.8. The van der Waals surface area contributed by atoms with Crippen LogP contribution in [0.1, 0.15) is 106 Å². The summed E-state index contributed by atoms with van der Waals surface area (Å²) >= 11 is 0. The Morgan fingerprint density at radius 2 is 0.917 bits per heavy atom. The maximum absolute atomic E-state index is 2.56. The average Bonchev–Trinajstić information content (AvgIpc) is 3.28. The summed E-state index contributed by atoms with van der Waals surface area (Å²) in [5.41, 5.74) is 10.1. The van der Waals surface area contributed by atoms with Gasteiger partial charge in [0.25, 0.3) is 0 Å². The van der Waals surface area contributed by atoms with Gasteiger partial charge < -0.3 is 0 Å². The van der Waals surface area contributed by atoms with Gasteiger partial charge in [0, 0.05) is 11.5 Å². The summed E-state index contributed by atoms with van der Waals surface area (Å²) in [4.78, 5) is 0. The Bertz CT molecular complexity index is 1180. The first-order valence-corrected chi connectivity index (χ1v) is 19.3. The van der Waals surface area contributed by atoms with Crippen LogP contribution >= 0.6 is 0 Å². The molecule has 0 amide bonds. The summed E-state index contributed by atoms with van der Waals surface area (Å²) in [7, 11) is -3.66. The van der Waals surface area contributed by atoms with Gasteiger partial charge in [-0.25, -0.2) is 0 Å². The van der Waals surface area contributed by atoms with Crippen LogP contribution in [0, 0.1) is 0 Å².